The first-order valence-corrected chi connectivity index (χ1v) is 8.17. The predicted molar refractivity (Wildman–Crippen MR) is 95.6 cm³/mol. The Labute approximate surface area is 150 Å². The van der Waals surface area contributed by atoms with Crippen LogP contribution in [0.15, 0.2) is 54.6 Å². The van der Waals surface area contributed by atoms with E-state index < -0.39 is 18.0 Å². The number of ketones is 1. The van der Waals surface area contributed by atoms with E-state index in [-0.39, 0.29) is 18.6 Å². The van der Waals surface area contributed by atoms with Crippen LogP contribution in [-0.4, -0.2) is 23.8 Å². The molecule has 2 rings (SSSR count). The normalized spacial score (nSPS) is 11.4. The van der Waals surface area contributed by atoms with Crippen molar-refractivity contribution in [2.24, 2.45) is 0 Å². The zero-order valence-corrected chi connectivity index (χ0v) is 14.5. The zero-order chi connectivity index (χ0) is 18.2. The quantitative estimate of drug-likeness (QED) is 0.601. The minimum absolute atomic E-state index is 0.0361. The molecular formula is C19H18ClNO4. The molecule has 2 aromatic carbocycles. The van der Waals surface area contributed by atoms with Crippen molar-refractivity contribution in [2.45, 2.75) is 25.9 Å². The van der Waals surface area contributed by atoms with Crippen molar-refractivity contribution in [2.75, 3.05) is 5.32 Å². The lowest BCUT2D eigenvalue weighted by molar-refractivity contribution is -0.153. The van der Waals surface area contributed by atoms with E-state index in [0.29, 0.717) is 16.3 Å². The van der Waals surface area contributed by atoms with Gasteiger partial charge in [0, 0.05) is 22.7 Å². The molecule has 0 heterocycles. The van der Waals surface area contributed by atoms with Crippen molar-refractivity contribution in [3.8, 4) is 0 Å². The van der Waals surface area contributed by atoms with E-state index in [2.05, 4.69) is 5.32 Å². The third-order valence-electron chi connectivity index (χ3n) is 3.44. The van der Waals surface area contributed by atoms with Crippen LogP contribution in [0.3, 0.4) is 0 Å². The van der Waals surface area contributed by atoms with E-state index in [4.69, 9.17) is 16.3 Å². The lowest BCUT2D eigenvalue weighted by Crippen LogP contribution is -2.30. The summed E-state index contributed by atoms with van der Waals surface area (Å²) in [6.45, 7) is 1.47. The maximum absolute atomic E-state index is 12.0. The van der Waals surface area contributed by atoms with Crippen LogP contribution in [0.2, 0.25) is 5.02 Å². The Hall–Kier alpha value is -2.66. The van der Waals surface area contributed by atoms with Gasteiger partial charge in [-0.15, -0.1) is 0 Å². The molecule has 0 aromatic heterocycles. The molecule has 0 spiro atoms. The molecule has 1 unspecified atom stereocenters. The lowest BCUT2D eigenvalue weighted by atomic mass is 10.1. The first-order valence-electron chi connectivity index (χ1n) is 7.80. The highest BCUT2D eigenvalue weighted by molar-refractivity contribution is 6.30. The van der Waals surface area contributed by atoms with E-state index in [1.165, 1.54) is 6.92 Å². The minimum atomic E-state index is -0.963. The fourth-order valence-corrected chi connectivity index (χ4v) is 2.20. The van der Waals surface area contributed by atoms with Gasteiger partial charge in [0.1, 0.15) is 0 Å². The van der Waals surface area contributed by atoms with Crippen LogP contribution in [0.1, 0.15) is 30.1 Å². The summed E-state index contributed by atoms with van der Waals surface area (Å²) in [4.78, 5) is 35.8. The van der Waals surface area contributed by atoms with Gasteiger partial charge in [0.15, 0.2) is 11.9 Å². The number of ether oxygens (including phenoxy) is 1. The summed E-state index contributed by atoms with van der Waals surface area (Å²) in [5, 5.41) is 3.18. The summed E-state index contributed by atoms with van der Waals surface area (Å²) in [5.41, 5.74) is 1.10. The first kappa shape index (κ1) is 18.7. The molecule has 0 saturated heterocycles. The number of nitrogens with one attached hydrogen (secondary N) is 1. The molecule has 1 amide bonds. The van der Waals surface area contributed by atoms with Crippen molar-refractivity contribution >= 4 is 34.9 Å². The zero-order valence-electron chi connectivity index (χ0n) is 13.7. The van der Waals surface area contributed by atoms with Crippen LogP contribution in [0.25, 0.3) is 0 Å². The minimum Gasteiger partial charge on any atom is -0.453 e. The topological polar surface area (TPSA) is 72.5 Å². The number of benzene rings is 2. The number of anilines is 1. The molecule has 1 atom stereocenters. The summed E-state index contributed by atoms with van der Waals surface area (Å²) in [6, 6.07) is 15.3. The number of carbonyl (C=O) groups is 3. The number of amides is 1. The van der Waals surface area contributed by atoms with E-state index in [0.717, 1.165) is 0 Å². The highest BCUT2D eigenvalue weighted by Crippen LogP contribution is 2.14. The molecule has 0 bridgehead atoms. The smallest absolute Gasteiger partial charge is 0.307 e. The molecule has 25 heavy (non-hydrogen) atoms. The standard InChI is InChI=1S/C19H18ClNO4/c1-13(19(24)21-16-9-7-15(20)8-10-16)25-18(23)12-11-17(22)14-5-3-2-4-6-14/h2-10,13H,11-12H2,1H3,(H,21,24). The van der Waals surface area contributed by atoms with Crippen molar-refractivity contribution in [3.63, 3.8) is 0 Å². The third kappa shape index (κ3) is 6.04. The van der Waals surface area contributed by atoms with Gasteiger partial charge in [-0.25, -0.2) is 0 Å². The number of hydrogen-bond acceptors (Lipinski definition) is 4. The molecule has 5 nitrogen and oxygen atoms in total. The average Bonchev–Trinajstić information content (AvgIpc) is 2.62. The summed E-state index contributed by atoms with van der Waals surface area (Å²) >= 11 is 5.77. The molecular weight excluding hydrogens is 342 g/mol. The predicted octanol–water partition coefficient (Wildman–Crippen LogP) is 3.87. The van der Waals surface area contributed by atoms with Gasteiger partial charge in [-0.3, -0.25) is 14.4 Å². The number of Topliss-reactive ketones (excluding diaryl/α,β-unsaturated/α-hetero) is 1. The van der Waals surface area contributed by atoms with Crippen LogP contribution in [-0.2, 0) is 14.3 Å². The second-order valence-corrected chi connectivity index (χ2v) is 5.85. The fraction of sp³-hybridized carbons (Fsp3) is 0.211. The maximum atomic E-state index is 12.0. The number of carbonyl (C=O) groups excluding carboxylic acids is 3. The van der Waals surface area contributed by atoms with Crippen molar-refractivity contribution < 1.29 is 19.1 Å². The van der Waals surface area contributed by atoms with Gasteiger partial charge in [-0.1, -0.05) is 41.9 Å². The number of rotatable bonds is 7. The number of hydrogen-bond donors (Lipinski definition) is 1. The second kappa shape index (κ2) is 8.99. The third-order valence-corrected chi connectivity index (χ3v) is 3.69. The van der Waals surface area contributed by atoms with Gasteiger partial charge in [0.05, 0.1) is 6.42 Å². The summed E-state index contributed by atoms with van der Waals surface area (Å²) in [5.74, 6) is -1.19. The average molecular weight is 360 g/mol. The van der Waals surface area contributed by atoms with Crippen LogP contribution < -0.4 is 5.32 Å². The van der Waals surface area contributed by atoms with Gasteiger partial charge < -0.3 is 10.1 Å². The van der Waals surface area contributed by atoms with Crippen LogP contribution in [0.4, 0.5) is 5.69 Å². The number of esters is 1. The van der Waals surface area contributed by atoms with Crippen molar-refractivity contribution in [3.05, 3.63) is 65.2 Å². The first-order chi connectivity index (χ1) is 12.0. The molecule has 0 radical (unpaired) electrons. The van der Waals surface area contributed by atoms with E-state index in [1.807, 2.05) is 6.07 Å². The molecule has 2 aromatic rings. The fourth-order valence-electron chi connectivity index (χ4n) is 2.07. The van der Waals surface area contributed by atoms with Gasteiger partial charge in [0.25, 0.3) is 5.91 Å². The van der Waals surface area contributed by atoms with E-state index in [9.17, 15) is 14.4 Å². The maximum Gasteiger partial charge on any atom is 0.307 e. The molecule has 6 heteroatoms. The monoisotopic (exact) mass is 359 g/mol. The van der Waals surface area contributed by atoms with Crippen LogP contribution in [0, 0.1) is 0 Å². The largest absolute Gasteiger partial charge is 0.453 e. The Morgan fingerprint density at radius 1 is 1.00 bits per heavy atom. The molecule has 0 aliphatic carbocycles. The molecule has 0 aliphatic rings. The lowest BCUT2D eigenvalue weighted by Gasteiger charge is -2.13. The number of halogens is 1. The van der Waals surface area contributed by atoms with E-state index >= 15 is 0 Å². The molecule has 0 saturated carbocycles. The Balaban J connectivity index is 1.78. The summed E-state index contributed by atoms with van der Waals surface area (Å²) < 4.78 is 5.07. The van der Waals surface area contributed by atoms with Crippen LogP contribution >= 0.6 is 11.6 Å². The molecule has 0 aliphatic heterocycles. The Morgan fingerprint density at radius 3 is 2.28 bits per heavy atom. The Bertz CT molecular complexity index is 744. The van der Waals surface area contributed by atoms with E-state index in [1.54, 1.807) is 48.5 Å². The highest BCUT2D eigenvalue weighted by atomic mass is 35.5. The molecule has 130 valence electrons. The molecule has 1 N–H and O–H groups in total. The summed E-state index contributed by atoms with van der Waals surface area (Å²) in [6.07, 6.45) is -1.00. The van der Waals surface area contributed by atoms with Gasteiger partial charge in [-0.05, 0) is 31.2 Å². The Morgan fingerprint density at radius 2 is 1.64 bits per heavy atom. The SMILES string of the molecule is CC(OC(=O)CCC(=O)c1ccccc1)C(=O)Nc1ccc(Cl)cc1. The van der Waals surface area contributed by atoms with Gasteiger partial charge in [-0.2, -0.15) is 0 Å². The van der Waals surface area contributed by atoms with Gasteiger partial charge >= 0.3 is 5.97 Å². The summed E-state index contributed by atoms with van der Waals surface area (Å²) in [7, 11) is 0. The Kier molecular flexibility index (Phi) is 6.71. The highest BCUT2D eigenvalue weighted by Gasteiger charge is 2.18. The van der Waals surface area contributed by atoms with Crippen molar-refractivity contribution in [1.82, 2.24) is 0 Å². The van der Waals surface area contributed by atoms with Crippen molar-refractivity contribution in [1.29, 1.82) is 0 Å². The van der Waals surface area contributed by atoms with Crippen LogP contribution in [0.5, 0.6) is 0 Å². The van der Waals surface area contributed by atoms with Gasteiger partial charge in [0.2, 0.25) is 0 Å². The second-order valence-electron chi connectivity index (χ2n) is 5.42. The molecule has 0 fully saturated rings.